The maximum Gasteiger partial charge on any atom is 0.0871 e. The Kier molecular flexibility index (Phi) is 4.48. The van der Waals surface area contributed by atoms with Gasteiger partial charge in [-0.3, -0.25) is 9.88 Å². The van der Waals surface area contributed by atoms with Crippen LogP contribution in [0.5, 0.6) is 0 Å². The fraction of sp³-hybridized carbons (Fsp3) is 0.400. The zero-order valence-corrected chi connectivity index (χ0v) is 13.0. The highest BCUT2D eigenvalue weighted by Gasteiger charge is 2.13. The minimum absolute atomic E-state index is 0.818. The molecule has 21 heavy (non-hydrogen) atoms. The van der Waals surface area contributed by atoms with Crippen LogP contribution in [0.25, 0.3) is 15.8 Å². The predicted molar refractivity (Wildman–Crippen MR) is 88.2 cm³/mol. The van der Waals surface area contributed by atoms with Crippen LogP contribution in [0.1, 0.15) is 11.4 Å². The Hall–Kier alpha value is -1.50. The molecule has 0 bridgehead atoms. The summed E-state index contributed by atoms with van der Waals surface area (Å²) in [6, 6.07) is 4.18. The number of thiol groups is 1. The highest BCUT2D eigenvalue weighted by Crippen LogP contribution is 2.26. The van der Waals surface area contributed by atoms with E-state index in [1.54, 1.807) is 0 Å². The molecule has 1 fully saturated rings. The summed E-state index contributed by atoms with van der Waals surface area (Å²) in [6.07, 6.45) is 3.66. The van der Waals surface area contributed by atoms with Gasteiger partial charge in [-0.25, -0.2) is 0 Å². The number of rotatable bonds is 4. The Morgan fingerprint density at radius 3 is 3.10 bits per heavy atom. The molecule has 2 N–H and O–H groups in total. The number of aromatic amines is 1. The van der Waals surface area contributed by atoms with E-state index >= 15 is 0 Å². The summed E-state index contributed by atoms with van der Waals surface area (Å²) < 4.78 is 5.39. The lowest BCUT2D eigenvalue weighted by Crippen LogP contribution is -2.35. The van der Waals surface area contributed by atoms with Gasteiger partial charge in [-0.1, -0.05) is 0 Å². The SMILES string of the molecule is CN/C=C(\S)c1nccc2[nH]c(CN3CCOCC3)cc12. The fourth-order valence-electron chi connectivity index (χ4n) is 2.61. The van der Waals surface area contributed by atoms with Crippen molar-refractivity contribution >= 4 is 28.4 Å². The second-order valence-corrected chi connectivity index (χ2v) is 5.60. The molecule has 1 aliphatic rings. The van der Waals surface area contributed by atoms with Gasteiger partial charge in [-0.2, -0.15) is 0 Å². The Morgan fingerprint density at radius 1 is 1.52 bits per heavy atom. The second kappa shape index (κ2) is 6.51. The van der Waals surface area contributed by atoms with Gasteiger partial charge >= 0.3 is 0 Å². The molecule has 1 saturated heterocycles. The molecule has 112 valence electrons. The first kappa shape index (κ1) is 14.4. The molecule has 6 heteroatoms. The van der Waals surface area contributed by atoms with E-state index in [2.05, 4.69) is 38.9 Å². The molecule has 0 aliphatic carbocycles. The smallest absolute Gasteiger partial charge is 0.0871 e. The molecule has 5 nitrogen and oxygen atoms in total. The summed E-state index contributed by atoms with van der Waals surface area (Å²) in [5.41, 5.74) is 3.20. The second-order valence-electron chi connectivity index (χ2n) is 5.12. The summed E-state index contributed by atoms with van der Waals surface area (Å²) in [5, 5.41) is 4.10. The molecule has 0 spiro atoms. The molecule has 0 amide bonds. The zero-order valence-electron chi connectivity index (χ0n) is 12.1. The standard InChI is InChI=1S/C15H20N4OS/c1-16-9-14(21)15-12-8-11(18-13(12)2-3-17-15)10-19-4-6-20-7-5-19/h2-3,8-9,16,18,21H,4-7,10H2,1H3/b14-9-. The van der Waals surface area contributed by atoms with E-state index in [0.29, 0.717) is 0 Å². The van der Waals surface area contributed by atoms with E-state index in [1.807, 2.05) is 25.5 Å². The highest BCUT2D eigenvalue weighted by molar-refractivity contribution is 7.90. The first-order valence-electron chi connectivity index (χ1n) is 7.11. The predicted octanol–water partition coefficient (Wildman–Crippen LogP) is 1.84. The molecule has 3 heterocycles. The number of fused-ring (bicyclic) bond motifs is 1. The number of aromatic nitrogens is 2. The number of nitrogens with one attached hydrogen (secondary N) is 2. The van der Waals surface area contributed by atoms with Crippen LogP contribution < -0.4 is 5.32 Å². The molecule has 2 aromatic rings. The van der Waals surface area contributed by atoms with Crippen molar-refractivity contribution in [3.8, 4) is 0 Å². The molecule has 0 atom stereocenters. The lowest BCUT2D eigenvalue weighted by molar-refractivity contribution is 0.0337. The van der Waals surface area contributed by atoms with Gasteiger partial charge in [-0.05, 0) is 12.1 Å². The zero-order chi connectivity index (χ0) is 14.7. The van der Waals surface area contributed by atoms with Gasteiger partial charge in [-0.15, -0.1) is 12.6 Å². The molecule has 1 aliphatic heterocycles. The monoisotopic (exact) mass is 304 g/mol. The van der Waals surface area contributed by atoms with Crippen LogP contribution in [0.15, 0.2) is 24.5 Å². The summed E-state index contributed by atoms with van der Waals surface area (Å²) in [4.78, 5) is 11.2. The van der Waals surface area contributed by atoms with Crippen molar-refractivity contribution < 1.29 is 4.74 Å². The Balaban J connectivity index is 1.88. The van der Waals surface area contributed by atoms with E-state index in [1.165, 1.54) is 5.69 Å². The van der Waals surface area contributed by atoms with Gasteiger partial charge in [0.2, 0.25) is 0 Å². The van der Waals surface area contributed by atoms with Crippen LogP contribution in [0.4, 0.5) is 0 Å². The average Bonchev–Trinajstić information content (AvgIpc) is 2.90. The number of nitrogens with zero attached hydrogens (tertiary/aromatic N) is 2. The van der Waals surface area contributed by atoms with E-state index in [4.69, 9.17) is 4.74 Å². The highest BCUT2D eigenvalue weighted by atomic mass is 32.1. The van der Waals surface area contributed by atoms with Gasteiger partial charge in [0.25, 0.3) is 0 Å². The molecule has 0 unspecified atom stereocenters. The molecular formula is C15H20N4OS. The molecule has 0 aromatic carbocycles. The van der Waals surface area contributed by atoms with Gasteiger partial charge in [0, 0.05) is 60.6 Å². The number of hydrogen-bond acceptors (Lipinski definition) is 5. The van der Waals surface area contributed by atoms with Crippen LogP contribution in [0.2, 0.25) is 0 Å². The lowest BCUT2D eigenvalue weighted by atomic mass is 10.2. The van der Waals surface area contributed by atoms with Gasteiger partial charge in [0.05, 0.1) is 18.9 Å². The van der Waals surface area contributed by atoms with Crippen molar-refractivity contribution in [3.05, 3.63) is 35.9 Å². The quantitative estimate of drug-likeness (QED) is 0.755. The van der Waals surface area contributed by atoms with Crippen molar-refractivity contribution in [1.82, 2.24) is 20.2 Å². The number of hydrogen-bond donors (Lipinski definition) is 3. The van der Waals surface area contributed by atoms with Gasteiger partial charge in [0.1, 0.15) is 0 Å². The van der Waals surface area contributed by atoms with Gasteiger partial charge < -0.3 is 15.0 Å². The first-order valence-corrected chi connectivity index (χ1v) is 7.56. The third-order valence-electron chi connectivity index (χ3n) is 3.63. The largest absolute Gasteiger partial charge is 0.393 e. The summed E-state index contributed by atoms with van der Waals surface area (Å²) in [7, 11) is 1.86. The first-order chi connectivity index (χ1) is 10.3. The molecule has 0 radical (unpaired) electrons. The number of morpholine rings is 1. The minimum atomic E-state index is 0.818. The van der Waals surface area contributed by atoms with Crippen LogP contribution in [-0.2, 0) is 11.3 Å². The van der Waals surface area contributed by atoms with Crippen molar-refractivity contribution in [2.75, 3.05) is 33.4 Å². The summed E-state index contributed by atoms with van der Waals surface area (Å²) in [6.45, 7) is 4.52. The van der Waals surface area contributed by atoms with Crippen molar-refractivity contribution in [2.45, 2.75) is 6.54 Å². The van der Waals surface area contributed by atoms with E-state index in [0.717, 1.165) is 54.4 Å². The van der Waals surface area contributed by atoms with Crippen LogP contribution in [0, 0.1) is 0 Å². The van der Waals surface area contributed by atoms with Crippen LogP contribution in [0.3, 0.4) is 0 Å². The molecule has 0 saturated carbocycles. The minimum Gasteiger partial charge on any atom is -0.393 e. The molecule has 3 rings (SSSR count). The number of H-pyrrole nitrogens is 1. The Labute approximate surface area is 129 Å². The molecular weight excluding hydrogens is 284 g/mol. The number of pyridine rings is 1. The molecule has 2 aromatic heterocycles. The Bertz CT molecular complexity index is 646. The third-order valence-corrected chi connectivity index (χ3v) is 3.97. The van der Waals surface area contributed by atoms with Crippen molar-refractivity contribution in [3.63, 3.8) is 0 Å². The normalized spacial score (nSPS) is 17.3. The summed E-state index contributed by atoms with van der Waals surface area (Å²) >= 11 is 4.51. The van der Waals surface area contributed by atoms with Gasteiger partial charge in [0.15, 0.2) is 0 Å². The van der Waals surface area contributed by atoms with Crippen molar-refractivity contribution in [2.24, 2.45) is 0 Å². The van der Waals surface area contributed by atoms with E-state index < -0.39 is 0 Å². The third kappa shape index (κ3) is 3.23. The summed E-state index contributed by atoms with van der Waals surface area (Å²) in [5.74, 6) is 0. The van der Waals surface area contributed by atoms with Crippen molar-refractivity contribution in [1.29, 1.82) is 0 Å². The topological polar surface area (TPSA) is 53.2 Å². The lowest BCUT2D eigenvalue weighted by Gasteiger charge is -2.25. The number of ether oxygens (including phenoxy) is 1. The fourth-order valence-corrected chi connectivity index (χ4v) is 2.91. The maximum atomic E-state index is 5.39. The van der Waals surface area contributed by atoms with Crippen LogP contribution >= 0.6 is 12.6 Å². The van der Waals surface area contributed by atoms with E-state index in [-0.39, 0.29) is 0 Å². The Morgan fingerprint density at radius 2 is 2.33 bits per heavy atom. The van der Waals surface area contributed by atoms with Crippen LogP contribution in [-0.4, -0.2) is 48.2 Å². The maximum absolute atomic E-state index is 5.39. The average molecular weight is 304 g/mol. The van der Waals surface area contributed by atoms with E-state index in [9.17, 15) is 0 Å².